The van der Waals surface area contributed by atoms with E-state index in [1.165, 1.54) is 11.5 Å². The molecule has 0 unspecified atom stereocenters. The summed E-state index contributed by atoms with van der Waals surface area (Å²) in [5, 5.41) is 0. The number of hydrogen-bond acceptors (Lipinski definition) is 1. The molecule has 0 saturated carbocycles. The van der Waals surface area contributed by atoms with Crippen LogP contribution in [0, 0.1) is 0 Å². The molecule has 0 aromatic rings. The van der Waals surface area contributed by atoms with Gasteiger partial charge >= 0.3 is 0 Å². The van der Waals surface area contributed by atoms with Crippen molar-refractivity contribution in [3.05, 3.63) is 0 Å². The third-order valence-corrected chi connectivity index (χ3v) is 1.22. The predicted molar refractivity (Wildman–Crippen MR) is 28.7 cm³/mol. The van der Waals surface area contributed by atoms with E-state index < -0.39 is 0 Å². The molecule has 7 heavy (non-hydrogen) atoms. The van der Waals surface area contributed by atoms with Gasteiger partial charge in [-0.25, -0.2) is 0 Å². The Labute approximate surface area is 71.7 Å². The van der Waals surface area contributed by atoms with Crippen molar-refractivity contribution in [2.45, 2.75) is 13.8 Å². The standard InChI is InChI=1S/C4H10S.2Cr/c1-3-5-4-2;;/h3-4H2,1-2H3;;. The maximum absolute atomic E-state index is 2.17. The number of rotatable bonds is 2. The van der Waals surface area contributed by atoms with E-state index in [0.29, 0.717) is 0 Å². The zero-order valence-corrected chi connectivity index (χ0v) is 8.01. The molecular formula is C4H10Cr2S. The summed E-state index contributed by atoms with van der Waals surface area (Å²) in [7, 11) is 0. The Morgan fingerprint density at radius 1 is 1.00 bits per heavy atom. The molecule has 0 spiro atoms. The minimum absolute atomic E-state index is 0. The van der Waals surface area contributed by atoms with Gasteiger partial charge in [-0.2, -0.15) is 11.8 Å². The molecule has 0 bridgehead atoms. The minimum Gasteiger partial charge on any atom is -0.163 e. The summed E-state index contributed by atoms with van der Waals surface area (Å²) in [4.78, 5) is 0. The van der Waals surface area contributed by atoms with Crippen LogP contribution in [0.2, 0.25) is 0 Å². The summed E-state index contributed by atoms with van der Waals surface area (Å²) < 4.78 is 0. The van der Waals surface area contributed by atoms with Crippen molar-refractivity contribution < 1.29 is 34.7 Å². The molecule has 0 rings (SSSR count). The number of hydrogen-bond donors (Lipinski definition) is 0. The largest absolute Gasteiger partial charge is 0.163 e. The van der Waals surface area contributed by atoms with E-state index >= 15 is 0 Å². The van der Waals surface area contributed by atoms with Crippen LogP contribution in [0.4, 0.5) is 0 Å². The normalized spacial score (nSPS) is 6.00. The monoisotopic (exact) mass is 194 g/mol. The molecule has 0 N–H and O–H groups in total. The van der Waals surface area contributed by atoms with E-state index in [0.717, 1.165) is 0 Å². The fourth-order valence-electron chi connectivity index (χ4n) is 0.204. The summed E-state index contributed by atoms with van der Waals surface area (Å²) in [6, 6.07) is 0. The molecule has 44 valence electrons. The van der Waals surface area contributed by atoms with Gasteiger partial charge in [-0.3, -0.25) is 0 Å². The summed E-state index contributed by atoms with van der Waals surface area (Å²) in [6.45, 7) is 4.35. The fourth-order valence-corrected chi connectivity index (χ4v) is 0.612. The van der Waals surface area contributed by atoms with E-state index in [4.69, 9.17) is 0 Å². The van der Waals surface area contributed by atoms with Crippen molar-refractivity contribution >= 4 is 11.8 Å². The average molecular weight is 194 g/mol. The van der Waals surface area contributed by atoms with E-state index in [-0.39, 0.29) is 34.7 Å². The first kappa shape index (κ1) is 15.8. The zero-order valence-electron chi connectivity index (χ0n) is 4.64. The Hall–Kier alpha value is 1.41. The van der Waals surface area contributed by atoms with Gasteiger partial charge in [0.05, 0.1) is 0 Å². The van der Waals surface area contributed by atoms with Crippen molar-refractivity contribution in [3.8, 4) is 0 Å². The summed E-state index contributed by atoms with van der Waals surface area (Å²) in [5.74, 6) is 2.52. The molecule has 0 aliphatic rings. The van der Waals surface area contributed by atoms with Crippen molar-refractivity contribution in [3.63, 3.8) is 0 Å². The van der Waals surface area contributed by atoms with Crippen LogP contribution in [0.3, 0.4) is 0 Å². The van der Waals surface area contributed by atoms with Crippen LogP contribution in [0.1, 0.15) is 13.8 Å². The van der Waals surface area contributed by atoms with Crippen molar-refractivity contribution in [2.24, 2.45) is 0 Å². The van der Waals surface area contributed by atoms with E-state index in [1.807, 2.05) is 11.8 Å². The molecule has 0 fully saturated rings. The first-order valence-corrected chi connectivity index (χ1v) is 3.15. The average Bonchev–Trinajstić information content (AvgIpc) is 1.41. The van der Waals surface area contributed by atoms with Gasteiger partial charge in [0.1, 0.15) is 0 Å². The van der Waals surface area contributed by atoms with Gasteiger partial charge in [0.15, 0.2) is 0 Å². The SMILES string of the molecule is CCSCC.[Cr].[Cr]. The quantitative estimate of drug-likeness (QED) is 0.645. The van der Waals surface area contributed by atoms with Crippen molar-refractivity contribution in [2.75, 3.05) is 11.5 Å². The topological polar surface area (TPSA) is 0 Å². The molecule has 0 aliphatic carbocycles. The van der Waals surface area contributed by atoms with Gasteiger partial charge in [-0.05, 0) is 11.5 Å². The van der Waals surface area contributed by atoms with Crippen molar-refractivity contribution in [1.82, 2.24) is 0 Å². The van der Waals surface area contributed by atoms with Crippen molar-refractivity contribution in [1.29, 1.82) is 0 Å². The maximum Gasteiger partial charge on any atom is 0 e. The Balaban J connectivity index is -0.0000000800. The maximum atomic E-state index is 2.17. The molecule has 0 aromatic carbocycles. The van der Waals surface area contributed by atoms with Crippen LogP contribution in [0.15, 0.2) is 0 Å². The molecule has 0 nitrogen and oxygen atoms in total. The molecule has 0 amide bonds. The second kappa shape index (κ2) is 15.7. The van der Waals surface area contributed by atoms with E-state index in [1.54, 1.807) is 0 Å². The van der Waals surface area contributed by atoms with E-state index in [2.05, 4.69) is 13.8 Å². The molecule has 0 saturated heterocycles. The molecule has 3 heteroatoms. The van der Waals surface area contributed by atoms with Crippen LogP contribution in [0.25, 0.3) is 0 Å². The molecule has 0 heterocycles. The molecule has 0 aliphatic heterocycles. The predicted octanol–water partition coefficient (Wildman–Crippen LogP) is 1.75. The van der Waals surface area contributed by atoms with Gasteiger partial charge < -0.3 is 0 Å². The second-order valence-electron chi connectivity index (χ2n) is 0.781. The van der Waals surface area contributed by atoms with Gasteiger partial charge in [-0.15, -0.1) is 0 Å². The Morgan fingerprint density at radius 2 is 1.29 bits per heavy atom. The first-order chi connectivity index (χ1) is 2.41. The van der Waals surface area contributed by atoms with Gasteiger partial charge in [0, 0.05) is 34.7 Å². The second-order valence-corrected chi connectivity index (χ2v) is 2.34. The van der Waals surface area contributed by atoms with Gasteiger partial charge in [-0.1, -0.05) is 13.8 Å². The van der Waals surface area contributed by atoms with Gasteiger partial charge in [0.25, 0.3) is 0 Å². The van der Waals surface area contributed by atoms with E-state index in [9.17, 15) is 0 Å². The minimum atomic E-state index is 0. The van der Waals surface area contributed by atoms with Crippen LogP contribution < -0.4 is 0 Å². The summed E-state index contributed by atoms with van der Waals surface area (Å²) >= 11 is 1.96. The van der Waals surface area contributed by atoms with Crippen LogP contribution in [-0.4, -0.2) is 11.5 Å². The third-order valence-electron chi connectivity index (χ3n) is 0.408. The van der Waals surface area contributed by atoms with Crippen LogP contribution in [0.5, 0.6) is 0 Å². The van der Waals surface area contributed by atoms with Gasteiger partial charge in [0.2, 0.25) is 0 Å². The zero-order chi connectivity index (χ0) is 4.12. The molecule has 0 atom stereocenters. The molecular weight excluding hydrogens is 184 g/mol. The van der Waals surface area contributed by atoms with Crippen LogP contribution in [-0.2, 0) is 34.7 Å². The third kappa shape index (κ3) is 18.6. The Kier molecular flexibility index (Phi) is 35.3. The number of thioether (sulfide) groups is 1. The summed E-state index contributed by atoms with van der Waals surface area (Å²) in [6.07, 6.45) is 0. The van der Waals surface area contributed by atoms with Crippen LogP contribution >= 0.6 is 11.8 Å². The summed E-state index contributed by atoms with van der Waals surface area (Å²) in [5.41, 5.74) is 0. The first-order valence-electron chi connectivity index (χ1n) is 1.99. The smallest absolute Gasteiger partial charge is 0 e. The fraction of sp³-hybridized carbons (Fsp3) is 1.00. The molecule has 0 radical (unpaired) electrons. The Morgan fingerprint density at radius 3 is 1.29 bits per heavy atom. The molecule has 0 aromatic heterocycles. The Bertz CT molecular complexity index is 17.2.